The molecule has 0 aromatic heterocycles. The van der Waals surface area contributed by atoms with Gasteiger partial charge < -0.3 is 14.7 Å². The number of ether oxygens (including phenoxy) is 1. The highest BCUT2D eigenvalue weighted by molar-refractivity contribution is 5.90. The number of cyclic esters (lactones) is 1. The van der Waals surface area contributed by atoms with E-state index < -0.39 is 12.2 Å². The van der Waals surface area contributed by atoms with Gasteiger partial charge in [0.25, 0.3) is 0 Å². The number of fused-ring (bicyclic) bond motifs is 1. The number of aliphatic hydroxyl groups is 1. The summed E-state index contributed by atoms with van der Waals surface area (Å²) in [7, 11) is 0. The SMILES string of the molecule is O=C1O[C@@H](CO)CN1c1ccc(N2CCc3ccccc3C2)c(F)c1. The van der Waals surface area contributed by atoms with Crippen molar-refractivity contribution in [2.24, 2.45) is 0 Å². The molecule has 0 bridgehead atoms. The van der Waals surface area contributed by atoms with Crippen LogP contribution in [-0.2, 0) is 17.7 Å². The summed E-state index contributed by atoms with van der Waals surface area (Å²) >= 11 is 0. The molecule has 2 aliphatic heterocycles. The highest BCUT2D eigenvalue weighted by atomic mass is 19.1. The number of carbonyl (C=O) groups excluding carboxylic acids is 1. The summed E-state index contributed by atoms with van der Waals surface area (Å²) in [5.74, 6) is -0.364. The lowest BCUT2D eigenvalue weighted by atomic mass is 9.99. The fourth-order valence-electron chi connectivity index (χ4n) is 3.45. The number of hydrogen-bond acceptors (Lipinski definition) is 4. The van der Waals surface area contributed by atoms with Crippen LogP contribution in [0.4, 0.5) is 20.6 Å². The van der Waals surface area contributed by atoms with Gasteiger partial charge in [0.15, 0.2) is 0 Å². The van der Waals surface area contributed by atoms with Crippen LogP contribution in [0.3, 0.4) is 0 Å². The minimum atomic E-state index is -0.561. The molecule has 1 amide bonds. The van der Waals surface area contributed by atoms with Gasteiger partial charge in [0.1, 0.15) is 11.9 Å². The highest BCUT2D eigenvalue weighted by Crippen LogP contribution is 2.30. The van der Waals surface area contributed by atoms with E-state index in [4.69, 9.17) is 9.84 Å². The van der Waals surface area contributed by atoms with Crippen LogP contribution in [0.15, 0.2) is 42.5 Å². The molecule has 5 nitrogen and oxygen atoms in total. The van der Waals surface area contributed by atoms with Crippen LogP contribution >= 0.6 is 0 Å². The first kappa shape index (κ1) is 15.9. The Hall–Kier alpha value is -2.60. The predicted octanol–water partition coefficient (Wildman–Crippen LogP) is 2.71. The number of aliphatic hydroxyl groups excluding tert-OH is 1. The summed E-state index contributed by atoms with van der Waals surface area (Å²) in [6, 6.07) is 13.0. The van der Waals surface area contributed by atoms with Crippen molar-refractivity contribution in [3.8, 4) is 0 Å². The van der Waals surface area contributed by atoms with Crippen molar-refractivity contribution >= 4 is 17.5 Å². The number of nitrogens with zero attached hydrogens (tertiary/aromatic N) is 2. The number of amides is 1. The average Bonchev–Trinajstić information content (AvgIpc) is 3.02. The van der Waals surface area contributed by atoms with Crippen molar-refractivity contribution < 1.29 is 19.0 Å². The van der Waals surface area contributed by atoms with E-state index in [-0.39, 0.29) is 19.0 Å². The van der Waals surface area contributed by atoms with Crippen LogP contribution in [-0.4, -0.2) is 37.0 Å². The number of halogens is 1. The predicted molar refractivity (Wildman–Crippen MR) is 92.3 cm³/mol. The van der Waals surface area contributed by atoms with Crippen molar-refractivity contribution in [1.29, 1.82) is 0 Å². The molecular weight excluding hydrogens is 323 g/mol. The van der Waals surface area contributed by atoms with Crippen molar-refractivity contribution in [2.75, 3.05) is 29.5 Å². The van der Waals surface area contributed by atoms with Crippen LogP contribution in [0, 0.1) is 5.82 Å². The number of benzene rings is 2. The number of carbonyl (C=O) groups is 1. The first-order valence-electron chi connectivity index (χ1n) is 8.36. The normalized spacial score (nSPS) is 19.8. The van der Waals surface area contributed by atoms with E-state index in [1.165, 1.54) is 22.1 Å². The smallest absolute Gasteiger partial charge is 0.414 e. The van der Waals surface area contributed by atoms with Gasteiger partial charge in [-0.25, -0.2) is 9.18 Å². The van der Waals surface area contributed by atoms with E-state index in [1.807, 2.05) is 17.0 Å². The molecule has 2 heterocycles. The standard InChI is InChI=1S/C19H19FN2O3/c20-17-9-15(22-11-16(12-23)25-19(22)24)5-6-18(17)21-8-7-13-3-1-2-4-14(13)10-21/h1-6,9,16,23H,7-8,10-12H2/t16-/m1/s1. The molecule has 1 fully saturated rings. The lowest BCUT2D eigenvalue weighted by molar-refractivity contribution is 0.0963. The molecule has 0 aliphatic carbocycles. The molecule has 0 saturated carbocycles. The lowest BCUT2D eigenvalue weighted by Gasteiger charge is -2.31. The first-order valence-corrected chi connectivity index (χ1v) is 8.36. The molecule has 2 aromatic carbocycles. The molecule has 4 rings (SSSR count). The summed E-state index contributed by atoms with van der Waals surface area (Å²) in [5, 5.41) is 9.11. The van der Waals surface area contributed by atoms with Gasteiger partial charge in [-0.15, -0.1) is 0 Å². The van der Waals surface area contributed by atoms with Crippen LogP contribution in [0.5, 0.6) is 0 Å². The van der Waals surface area contributed by atoms with Gasteiger partial charge in [-0.05, 0) is 35.7 Å². The van der Waals surface area contributed by atoms with Gasteiger partial charge in [0.2, 0.25) is 0 Å². The molecule has 0 radical (unpaired) electrons. The third kappa shape index (κ3) is 2.93. The minimum Gasteiger partial charge on any atom is -0.441 e. The van der Waals surface area contributed by atoms with Crippen LogP contribution in [0.1, 0.15) is 11.1 Å². The van der Waals surface area contributed by atoms with E-state index in [1.54, 1.807) is 12.1 Å². The Morgan fingerprint density at radius 3 is 2.72 bits per heavy atom. The Bertz CT molecular complexity index is 811. The summed E-state index contributed by atoms with van der Waals surface area (Å²) in [5.41, 5.74) is 3.50. The van der Waals surface area contributed by atoms with E-state index in [0.29, 0.717) is 17.9 Å². The second kappa shape index (κ2) is 6.37. The zero-order valence-corrected chi connectivity index (χ0v) is 13.7. The van der Waals surface area contributed by atoms with E-state index in [9.17, 15) is 9.18 Å². The molecule has 2 aliphatic rings. The summed E-state index contributed by atoms with van der Waals surface area (Å²) < 4.78 is 19.7. The van der Waals surface area contributed by atoms with Gasteiger partial charge in [0, 0.05) is 13.1 Å². The molecule has 130 valence electrons. The Morgan fingerprint density at radius 2 is 2.00 bits per heavy atom. The second-order valence-corrected chi connectivity index (χ2v) is 6.37. The lowest BCUT2D eigenvalue weighted by Crippen LogP contribution is -2.31. The molecule has 0 spiro atoms. The summed E-state index contributed by atoms with van der Waals surface area (Å²) in [4.78, 5) is 15.2. The molecule has 1 N–H and O–H groups in total. The molecule has 1 saturated heterocycles. The maximum Gasteiger partial charge on any atom is 0.414 e. The van der Waals surface area contributed by atoms with Crippen LogP contribution in [0.2, 0.25) is 0 Å². The quantitative estimate of drug-likeness (QED) is 0.932. The van der Waals surface area contributed by atoms with Gasteiger partial charge in [0.05, 0.1) is 24.5 Å². The van der Waals surface area contributed by atoms with Crippen molar-refractivity contribution in [1.82, 2.24) is 0 Å². The monoisotopic (exact) mass is 342 g/mol. The fraction of sp³-hybridized carbons (Fsp3) is 0.316. The topological polar surface area (TPSA) is 53.0 Å². The highest BCUT2D eigenvalue weighted by Gasteiger charge is 2.32. The Morgan fingerprint density at radius 1 is 1.20 bits per heavy atom. The zero-order valence-electron chi connectivity index (χ0n) is 13.7. The van der Waals surface area contributed by atoms with E-state index in [2.05, 4.69) is 12.1 Å². The molecule has 2 aromatic rings. The van der Waals surface area contributed by atoms with Gasteiger partial charge >= 0.3 is 6.09 Å². The molecular formula is C19H19FN2O3. The Balaban J connectivity index is 1.56. The van der Waals surface area contributed by atoms with Crippen LogP contribution < -0.4 is 9.80 Å². The third-order valence-electron chi connectivity index (χ3n) is 4.79. The van der Waals surface area contributed by atoms with Crippen molar-refractivity contribution in [3.63, 3.8) is 0 Å². The molecule has 0 unspecified atom stereocenters. The van der Waals surface area contributed by atoms with Crippen LogP contribution in [0.25, 0.3) is 0 Å². The second-order valence-electron chi connectivity index (χ2n) is 6.37. The molecule has 6 heteroatoms. The van der Waals surface area contributed by atoms with Gasteiger partial charge in [-0.2, -0.15) is 0 Å². The van der Waals surface area contributed by atoms with Gasteiger partial charge in [-0.1, -0.05) is 24.3 Å². The Labute approximate surface area is 145 Å². The average molecular weight is 342 g/mol. The third-order valence-corrected chi connectivity index (χ3v) is 4.79. The van der Waals surface area contributed by atoms with E-state index >= 15 is 0 Å². The van der Waals surface area contributed by atoms with Crippen molar-refractivity contribution in [2.45, 2.75) is 19.1 Å². The summed E-state index contributed by atoms with van der Waals surface area (Å²) in [6.45, 7) is 1.41. The minimum absolute atomic E-state index is 0.227. The fourth-order valence-corrected chi connectivity index (χ4v) is 3.45. The maximum atomic E-state index is 14.7. The van der Waals surface area contributed by atoms with E-state index in [0.717, 1.165) is 13.0 Å². The van der Waals surface area contributed by atoms with Gasteiger partial charge in [-0.3, -0.25) is 4.90 Å². The van der Waals surface area contributed by atoms with Crippen molar-refractivity contribution in [3.05, 3.63) is 59.4 Å². The number of hydrogen-bond donors (Lipinski definition) is 1. The maximum absolute atomic E-state index is 14.7. The molecule has 1 atom stereocenters. The zero-order chi connectivity index (χ0) is 17.4. The first-order chi connectivity index (χ1) is 12.2. The number of rotatable bonds is 3. The molecule has 25 heavy (non-hydrogen) atoms. The largest absolute Gasteiger partial charge is 0.441 e. The summed E-state index contributed by atoms with van der Waals surface area (Å²) in [6.07, 6.45) is -0.236. The Kier molecular flexibility index (Phi) is 4.05. The number of anilines is 2.